The molecule has 0 aliphatic carbocycles. The molecule has 2 aromatic rings. The number of thiocarbonyl (C=S) groups is 1. The Morgan fingerprint density at radius 1 is 1.56 bits per heavy atom. The van der Waals surface area contributed by atoms with Crippen LogP contribution in [0.15, 0.2) is 29.6 Å². The predicted octanol–water partition coefficient (Wildman–Crippen LogP) is 2.37. The fourth-order valence-corrected chi connectivity index (χ4v) is 2.24. The van der Waals surface area contributed by atoms with E-state index in [1.165, 1.54) is 23.5 Å². The molecule has 0 aliphatic heterocycles. The number of non-ortho nitro benzene ring substituents is 1. The summed E-state index contributed by atoms with van der Waals surface area (Å²) in [7, 11) is 0. The molecule has 0 radical (unpaired) electrons. The second-order valence-corrected chi connectivity index (χ2v) is 4.63. The van der Waals surface area contributed by atoms with Crippen molar-refractivity contribution in [3.8, 4) is 11.3 Å². The van der Waals surface area contributed by atoms with E-state index in [9.17, 15) is 10.1 Å². The van der Waals surface area contributed by atoms with Crippen LogP contribution in [0, 0.1) is 10.1 Å². The Hall–Kier alpha value is -2.06. The maximum absolute atomic E-state index is 10.7. The van der Waals surface area contributed by atoms with Gasteiger partial charge in [0.2, 0.25) is 0 Å². The van der Waals surface area contributed by atoms with Crippen LogP contribution in [0.3, 0.4) is 0 Å². The second kappa shape index (κ2) is 5.07. The van der Waals surface area contributed by atoms with Gasteiger partial charge >= 0.3 is 0 Å². The summed E-state index contributed by atoms with van der Waals surface area (Å²) in [5, 5.41) is 15.9. The van der Waals surface area contributed by atoms with Gasteiger partial charge in [-0.25, -0.2) is 4.98 Å². The zero-order valence-corrected chi connectivity index (χ0v) is 10.6. The molecule has 0 atom stereocenters. The van der Waals surface area contributed by atoms with Crippen LogP contribution in [0.1, 0.15) is 0 Å². The average Bonchev–Trinajstić information content (AvgIpc) is 2.77. The van der Waals surface area contributed by atoms with Crippen LogP contribution in [0.4, 0.5) is 10.8 Å². The van der Waals surface area contributed by atoms with Crippen molar-refractivity contribution in [2.45, 2.75) is 0 Å². The third kappa shape index (κ3) is 2.79. The van der Waals surface area contributed by atoms with E-state index in [2.05, 4.69) is 10.3 Å². The summed E-state index contributed by atoms with van der Waals surface area (Å²) in [6.07, 6.45) is 0. The smallest absolute Gasteiger partial charge is 0.270 e. The number of nitrogens with one attached hydrogen (secondary N) is 1. The van der Waals surface area contributed by atoms with Crippen molar-refractivity contribution in [3.05, 3.63) is 39.8 Å². The van der Waals surface area contributed by atoms with Crippen molar-refractivity contribution in [2.75, 3.05) is 5.32 Å². The van der Waals surface area contributed by atoms with Gasteiger partial charge in [-0.1, -0.05) is 12.1 Å². The van der Waals surface area contributed by atoms with Crippen LogP contribution >= 0.6 is 23.6 Å². The fourth-order valence-electron chi connectivity index (χ4n) is 1.35. The minimum Gasteiger partial charge on any atom is -0.376 e. The molecule has 3 N–H and O–H groups in total. The van der Waals surface area contributed by atoms with E-state index in [4.69, 9.17) is 18.0 Å². The van der Waals surface area contributed by atoms with Crippen molar-refractivity contribution in [1.29, 1.82) is 0 Å². The highest BCUT2D eigenvalue weighted by Gasteiger charge is 2.09. The Kier molecular flexibility index (Phi) is 3.49. The number of hydrogen-bond donors (Lipinski definition) is 2. The lowest BCUT2D eigenvalue weighted by Gasteiger charge is -1.98. The summed E-state index contributed by atoms with van der Waals surface area (Å²) in [4.78, 5) is 14.5. The van der Waals surface area contributed by atoms with E-state index in [1.54, 1.807) is 17.5 Å². The zero-order valence-electron chi connectivity index (χ0n) is 8.99. The highest BCUT2D eigenvalue weighted by atomic mass is 32.1. The molecule has 0 saturated carbocycles. The van der Waals surface area contributed by atoms with E-state index >= 15 is 0 Å². The minimum atomic E-state index is -0.440. The molecule has 1 heterocycles. The first-order valence-electron chi connectivity index (χ1n) is 4.83. The Labute approximate surface area is 112 Å². The molecular weight excluding hydrogens is 272 g/mol. The molecular formula is C10H8N4O2S2. The first-order valence-corrected chi connectivity index (χ1v) is 6.12. The van der Waals surface area contributed by atoms with E-state index in [1.807, 2.05) is 0 Å². The molecule has 1 aromatic heterocycles. The summed E-state index contributed by atoms with van der Waals surface area (Å²) in [5.74, 6) is 0. The lowest BCUT2D eigenvalue weighted by atomic mass is 10.1. The number of nitro groups is 1. The molecule has 0 unspecified atom stereocenters. The number of nitro benzene ring substituents is 1. The molecule has 0 spiro atoms. The minimum absolute atomic E-state index is 0.0318. The maximum Gasteiger partial charge on any atom is 0.270 e. The fraction of sp³-hybridized carbons (Fsp3) is 0. The van der Waals surface area contributed by atoms with Gasteiger partial charge < -0.3 is 11.1 Å². The molecule has 1 aromatic carbocycles. The number of benzene rings is 1. The van der Waals surface area contributed by atoms with E-state index in [0.29, 0.717) is 16.4 Å². The van der Waals surface area contributed by atoms with Crippen molar-refractivity contribution < 1.29 is 4.92 Å². The highest BCUT2D eigenvalue weighted by molar-refractivity contribution is 7.80. The normalized spacial score (nSPS) is 10.0. The number of thiazole rings is 1. The third-order valence-corrected chi connectivity index (χ3v) is 2.95. The molecule has 2 rings (SSSR count). The number of nitrogens with zero attached hydrogens (tertiary/aromatic N) is 2. The second-order valence-electron chi connectivity index (χ2n) is 3.33. The molecule has 6 nitrogen and oxygen atoms in total. The van der Waals surface area contributed by atoms with Gasteiger partial charge in [-0.05, 0) is 12.2 Å². The van der Waals surface area contributed by atoms with Crippen molar-refractivity contribution in [3.63, 3.8) is 0 Å². The van der Waals surface area contributed by atoms with Crippen LogP contribution in [0.2, 0.25) is 0 Å². The Bertz CT molecular complexity index is 611. The largest absolute Gasteiger partial charge is 0.376 e. The predicted molar refractivity (Wildman–Crippen MR) is 74.6 cm³/mol. The Morgan fingerprint density at radius 2 is 2.33 bits per heavy atom. The van der Waals surface area contributed by atoms with Gasteiger partial charge in [0.15, 0.2) is 10.2 Å². The van der Waals surface area contributed by atoms with Gasteiger partial charge in [0.25, 0.3) is 5.69 Å². The standard InChI is InChI=1S/C10H8N4O2S2/c11-9(17)13-10-12-8(5-18-10)6-2-1-3-7(4-6)14(15)16/h1-5H,(H3,11,12,13,17). The number of anilines is 1. The SMILES string of the molecule is NC(=S)Nc1nc(-c2cccc([N+](=O)[O-])c2)cs1. The summed E-state index contributed by atoms with van der Waals surface area (Å²) >= 11 is 6.03. The molecule has 92 valence electrons. The van der Waals surface area contributed by atoms with Crippen LogP contribution in [0.5, 0.6) is 0 Å². The van der Waals surface area contributed by atoms with Gasteiger partial charge in [0.05, 0.1) is 10.6 Å². The summed E-state index contributed by atoms with van der Waals surface area (Å²) in [6, 6.07) is 6.28. The number of rotatable bonds is 3. The summed E-state index contributed by atoms with van der Waals surface area (Å²) < 4.78 is 0. The monoisotopic (exact) mass is 280 g/mol. The molecule has 8 heteroatoms. The van der Waals surface area contributed by atoms with Gasteiger partial charge in [-0.15, -0.1) is 11.3 Å². The van der Waals surface area contributed by atoms with Gasteiger partial charge in [-0.3, -0.25) is 10.1 Å². The Morgan fingerprint density at radius 3 is 3.00 bits per heavy atom. The topological polar surface area (TPSA) is 94.1 Å². The number of aromatic nitrogens is 1. The molecule has 18 heavy (non-hydrogen) atoms. The lowest BCUT2D eigenvalue weighted by molar-refractivity contribution is -0.384. The lowest BCUT2D eigenvalue weighted by Crippen LogP contribution is -2.18. The molecule has 0 aliphatic rings. The Balaban J connectivity index is 2.31. The van der Waals surface area contributed by atoms with E-state index < -0.39 is 4.92 Å². The van der Waals surface area contributed by atoms with Crippen molar-refractivity contribution in [2.24, 2.45) is 5.73 Å². The summed E-state index contributed by atoms with van der Waals surface area (Å²) in [5.41, 5.74) is 6.68. The zero-order chi connectivity index (χ0) is 13.1. The van der Waals surface area contributed by atoms with Crippen LogP contribution < -0.4 is 11.1 Å². The third-order valence-electron chi connectivity index (χ3n) is 2.09. The molecule has 0 bridgehead atoms. The maximum atomic E-state index is 10.7. The molecule has 0 fully saturated rings. The van der Waals surface area contributed by atoms with E-state index in [0.717, 1.165) is 0 Å². The van der Waals surface area contributed by atoms with Crippen molar-refractivity contribution in [1.82, 2.24) is 4.98 Å². The molecule has 0 amide bonds. The molecule has 0 saturated heterocycles. The number of nitrogens with two attached hydrogens (primary N) is 1. The van der Waals surface area contributed by atoms with Crippen molar-refractivity contribution >= 4 is 39.5 Å². The highest BCUT2D eigenvalue weighted by Crippen LogP contribution is 2.27. The van der Waals surface area contributed by atoms with Gasteiger partial charge in [-0.2, -0.15) is 0 Å². The summed E-state index contributed by atoms with van der Waals surface area (Å²) in [6.45, 7) is 0. The van der Waals surface area contributed by atoms with Gasteiger partial charge in [0.1, 0.15) is 0 Å². The van der Waals surface area contributed by atoms with Gasteiger partial charge in [0, 0.05) is 23.1 Å². The van der Waals surface area contributed by atoms with Crippen LogP contribution in [-0.4, -0.2) is 15.0 Å². The average molecular weight is 280 g/mol. The van der Waals surface area contributed by atoms with Crippen LogP contribution in [-0.2, 0) is 0 Å². The first kappa shape index (κ1) is 12.4. The van der Waals surface area contributed by atoms with E-state index in [-0.39, 0.29) is 10.8 Å². The quantitative estimate of drug-likeness (QED) is 0.509. The van der Waals surface area contributed by atoms with Crippen LogP contribution in [0.25, 0.3) is 11.3 Å². The first-order chi connectivity index (χ1) is 8.56. The number of hydrogen-bond acceptors (Lipinski definition) is 5.